The summed E-state index contributed by atoms with van der Waals surface area (Å²) in [6.07, 6.45) is 4.99. The van der Waals surface area contributed by atoms with Crippen LogP contribution in [0.2, 0.25) is 0 Å². The Bertz CT molecular complexity index is 449. The highest BCUT2D eigenvalue weighted by Gasteiger charge is 2.57. The molecule has 2 saturated heterocycles. The van der Waals surface area contributed by atoms with Gasteiger partial charge >= 0.3 is 6.09 Å². The molecule has 1 spiro atoms. The van der Waals surface area contributed by atoms with Gasteiger partial charge in [-0.05, 0) is 37.0 Å². The lowest BCUT2D eigenvalue weighted by atomic mass is 9.54. The topological polar surface area (TPSA) is 56.2 Å². The van der Waals surface area contributed by atoms with Crippen LogP contribution < -0.4 is 0 Å². The van der Waals surface area contributed by atoms with Gasteiger partial charge in [-0.15, -0.1) is 0 Å². The summed E-state index contributed by atoms with van der Waals surface area (Å²) < 4.78 is 0. The van der Waals surface area contributed by atoms with Gasteiger partial charge in [-0.3, -0.25) is 4.90 Å². The van der Waals surface area contributed by atoms with E-state index in [9.17, 15) is 9.90 Å². The van der Waals surface area contributed by atoms with Gasteiger partial charge in [0, 0.05) is 44.8 Å². The van der Waals surface area contributed by atoms with E-state index in [1.54, 1.807) is 12.0 Å². The molecule has 3 unspecified atom stereocenters. The smallest absolute Gasteiger partial charge is 0.407 e. The van der Waals surface area contributed by atoms with E-state index in [1.807, 2.05) is 0 Å². The third-order valence-electron chi connectivity index (χ3n) is 6.88. The number of hydrogen-bond donors (Lipinski definition) is 1. The van der Waals surface area contributed by atoms with E-state index in [1.165, 1.54) is 19.3 Å². The van der Waals surface area contributed by atoms with Crippen LogP contribution in [0.25, 0.3) is 0 Å². The first-order valence-corrected chi connectivity index (χ1v) is 9.57. The number of carbonyl (C=O) groups is 1. The molecule has 3 atom stereocenters. The van der Waals surface area contributed by atoms with Crippen molar-refractivity contribution in [2.45, 2.75) is 58.0 Å². The standard InChI is InChI=1S/C18H33N3O3/c1-4-15-16(12-18(15)8-11-20(13-18)17(22)23)19-9-6-14(7-10-19)21(5-2)24-3/h14-16H,4-13H2,1-3H3,(H,22,23). The number of hydrogen-bond acceptors (Lipinski definition) is 4. The van der Waals surface area contributed by atoms with Gasteiger partial charge < -0.3 is 14.8 Å². The van der Waals surface area contributed by atoms with Crippen LogP contribution in [0, 0.1) is 11.3 Å². The highest BCUT2D eigenvalue weighted by Crippen LogP contribution is 2.56. The average Bonchev–Trinajstić information content (AvgIpc) is 3.03. The zero-order valence-electron chi connectivity index (χ0n) is 15.4. The van der Waals surface area contributed by atoms with Crippen molar-refractivity contribution < 1.29 is 14.7 Å². The fourth-order valence-corrected chi connectivity index (χ4v) is 5.62. The van der Waals surface area contributed by atoms with Crippen LogP contribution in [-0.4, -0.2) is 78.0 Å². The highest BCUT2D eigenvalue weighted by molar-refractivity contribution is 5.65. The van der Waals surface area contributed by atoms with Crippen LogP contribution in [0.1, 0.15) is 46.0 Å². The van der Waals surface area contributed by atoms with Crippen molar-refractivity contribution in [3.8, 4) is 0 Å². The van der Waals surface area contributed by atoms with Crippen LogP contribution in [0.5, 0.6) is 0 Å². The molecule has 2 aliphatic heterocycles. The average molecular weight is 339 g/mol. The van der Waals surface area contributed by atoms with E-state index in [0.29, 0.717) is 18.0 Å². The van der Waals surface area contributed by atoms with E-state index < -0.39 is 6.09 Å². The Hall–Kier alpha value is -0.850. The van der Waals surface area contributed by atoms with Gasteiger partial charge in [0.2, 0.25) is 0 Å². The monoisotopic (exact) mass is 339 g/mol. The van der Waals surface area contributed by atoms with Gasteiger partial charge in [-0.1, -0.05) is 20.3 Å². The third-order valence-corrected chi connectivity index (χ3v) is 6.88. The van der Waals surface area contributed by atoms with E-state index >= 15 is 0 Å². The van der Waals surface area contributed by atoms with Crippen molar-refractivity contribution in [3.63, 3.8) is 0 Å². The molecule has 3 aliphatic rings. The zero-order valence-corrected chi connectivity index (χ0v) is 15.4. The molecule has 0 radical (unpaired) electrons. The number of amides is 1. The van der Waals surface area contributed by atoms with Crippen molar-refractivity contribution in [3.05, 3.63) is 0 Å². The molecule has 0 bridgehead atoms. The molecule has 24 heavy (non-hydrogen) atoms. The molecule has 0 aromatic heterocycles. The Morgan fingerprint density at radius 3 is 2.50 bits per heavy atom. The second kappa shape index (κ2) is 7.18. The minimum atomic E-state index is -0.745. The van der Waals surface area contributed by atoms with E-state index in [2.05, 4.69) is 23.8 Å². The summed E-state index contributed by atoms with van der Waals surface area (Å²) in [5, 5.41) is 11.4. The maximum atomic E-state index is 11.3. The molecule has 1 N–H and O–H groups in total. The minimum absolute atomic E-state index is 0.261. The van der Waals surface area contributed by atoms with Gasteiger partial charge in [0.25, 0.3) is 0 Å². The molecule has 0 aromatic rings. The zero-order chi connectivity index (χ0) is 17.3. The van der Waals surface area contributed by atoms with Crippen molar-refractivity contribution >= 4 is 6.09 Å². The van der Waals surface area contributed by atoms with Crippen LogP contribution in [0.15, 0.2) is 0 Å². The number of carboxylic acid groups (broad SMARTS) is 1. The fourth-order valence-electron chi connectivity index (χ4n) is 5.62. The normalized spacial score (nSPS) is 34.9. The lowest BCUT2D eigenvalue weighted by Gasteiger charge is -2.58. The van der Waals surface area contributed by atoms with Crippen LogP contribution in [0.4, 0.5) is 4.79 Å². The van der Waals surface area contributed by atoms with E-state index in [4.69, 9.17) is 4.84 Å². The lowest BCUT2D eigenvalue weighted by Crippen LogP contribution is -2.62. The van der Waals surface area contributed by atoms with Gasteiger partial charge in [0.15, 0.2) is 0 Å². The Labute approximate surface area is 145 Å². The van der Waals surface area contributed by atoms with Gasteiger partial charge in [-0.25, -0.2) is 4.79 Å². The van der Waals surface area contributed by atoms with Gasteiger partial charge in [-0.2, -0.15) is 5.06 Å². The molecule has 6 heteroatoms. The Morgan fingerprint density at radius 1 is 1.29 bits per heavy atom. The molecule has 3 rings (SSSR count). The van der Waals surface area contributed by atoms with Gasteiger partial charge in [0.1, 0.15) is 0 Å². The second-order valence-electron chi connectivity index (χ2n) is 7.79. The maximum Gasteiger partial charge on any atom is 0.407 e. The number of likely N-dealkylation sites (tertiary alicyclic amines) is 2. The summed E-state index contributed by atoms with van der Waals surface area (Å²) in [4.78, 5) is 21.0. The fraction of sp³-hybridized carbons (Fsp3) is 0.944. The first kappa shape index (κ1) is 18.0. The summed E-state index contributed by atoms with van der Waals surface area (Å²) in [6, 6.07) is 1.20. The maximum absolute atomic E-state index is 11.3. The SMILES string of the molecule is CCC1C(N2CCC(N(CC)OC)CC2)CC12CCN(C(=O)O)C2. The molecule has 0 aromatic carbocycles. The van der Waals surface area contributed by atoms with Crippen molar-refractivity contribution in [2.75, 3.05) is 39.8 Å². The van der Waals surface area contributed by atoms with E-state index in [-0.39, 0.29) is 5.41 Å². The second-order valence-corrected chi connectivity index (χ2v) is 7.79. The largest absolute Gasteiger partial charge is 0.465 e. The Balaban J connectivity index is 1.55. The van der Waals surface area contributed by atoms with Crippen molar-refractivity contribution in [2.24, 2.45) is 11.3 Å². The highest BCUT2D eigenvalue weighted by atomic mass is 16.7. The third kappa shape index (κ3) is 3.04. The number of hydroxylamine groups is 2. The van der Waals surface area contributed by atoms with E-state index in [0.717, 1.165) is 45.6 Å². The first-order valence-electron chi connectivity index (χ1n) is 9.57. The molecule has 1 amide bonds. The molecule has 2 heterocycles. The summed E-state index contributed by atoms with van der Waals surface area (Å²) in [6.45, 7) is 9.12. The Kier molecular flexibility index (Phi) is 5.37. The number of piperidine rings is 1. The van der Waals surface area contributed by atoms with Crippen molar-refractivity contribution in [1.82, 2.24) is 14.9 Å². The lowest BCUT2D eigenvalue weighted by molar-refractivity contribution is -0.174. The number of rotatable bonds is 5. The molecule has 1 aliphatic carbocycles. The quantitative estimate of drug-likeness (QED) is 0.780. The van der Waals surface area contributed by atoms with Gasteiger partial charge in [0.05, 0.1) is 7.11 Å². The summed E-state index contributed by atoms with van der Waals surface area (Å²) in [5.74, 6) is 0.656. The van der Waals surface area contributed by atoms with Crippen LogP contribution in [-0.2, 0) is 4.84 Å². The predicted molar refractivity (Wildman–Crippen MR) is 92.8 cm³/mol. The molecule has 1 saturated carbocycles. The summed E-state index contributed by atoms with van der Waals surface area (Å²) >= 11 is 0. The molecular weight excluding hydrogens is 306 g/mol. The van der Waals surface area contributed by atoms with Crippen LogP contribution >= 0.6 is 0 Å². The van der Waals surface area contributed by atoms with Crippen LogP contribution in [0.3, 0.4) is 0 Å². The summed E-state index contributed by atoms with van der Waals surface area (Å²) in [7, 11) is 1.77. The molecule has 3 fully saturated rings. The number of nitrogens with zero attached hydrogens (tertiary/aromatic N) is 3. The first-order chi connectivity index (χ1) is 11.5. The molecule has 6 nitrogen and oxygen atoms in total. The molecule has 138 valence electrons. The minimum Gasteiger partial charge on any atom is -0.465 e. The Morgan fingerprint density at radius 2 is 2.00 bits per heavy atom. The molecular formula is C18H33N3O3. The predicted octanol–water partition coefficient (Wildman–Crippen LogP) is 2.50. The summed E-state index contributed by atoms with van der Waals surface area (Å²) in [5.41, 5.74) is 0.261. The van der Waals surface area contributed by atoms with Crippen molar-refractivity contribution in [1.29, 1.82) is 0 Å².